The molecule has 2 rings (SSSR count). The quantitative estimate of drug-likeness (QED) is 0.591. The molecule has 0 aliphatic heterocycles. The number of nitrogens with two attached hydrogens (primary N) is 2. The maximum absolute atomic E-state index is 11.3. The third-order valence-electron chi connectivity index (χ3n) is 2.12. The Kier molecular flexibility index (Phi) is 4.28. The molecule has 96 valence electrons. The Balaban J connectivity index is 2.22. The van der Waals surface area contributed by atoms with Crippen LogP contribution in [0.5, 0.6) is 0 Å². The van der Waals surface area contributed by atoms with Gasteiger partial charge in [-0.1, -0.05) is 23.4 Å². The second kappa shape index (κ2) is 5.75. The van der Waals surface area contributed by atoms with Crippen molar-refractivity contribution < 1.29 is 0 Å². The van der Waals surface area contributed by atoms with Crippen molar-refractivity contribution in [3.05, 3.63) is 37.8 Å². The molecule has 0 saturated carbocycles. The summed E-state index contributed by atoms with van der Waals surface area (Å²) in [5.74, 6) is 0.196. The normalized spacial score (nSPS) is 12.6. The first-order chi connectivity index (χ1) is 8.58. The topological polar surface area (TPSA) is 97.8 Å². The van der Waals surface area contributed by atoms with E-state index >= 15 is 0 Å². The molecular formula is C10H11ClN4OS2. The molecule has 1 atom stereocenters. The Morgan fingerprint density at radius 2 is 2.33 bits per heavy atom. The predicted octanol–water partition coefficient (Wildman–Crippen LogP) is 1.86. The molecule has 2 aromatic heterocycles. The van der Waals surface area contributed by atoms with Crippen LogP contribution in [0.4, 0.5) is 5.82 Å². The lowest BCUT2D eigenvalue weighted by Gasteiger charge is -2.11. The molecule has 5 nitrogen and oxygen atoms in total. The van der Waals surface area contributed by atoms with Crippen LogP contribution in [0.15, 0.2) is 28.2 Å². The number of hydrogen-bond acceptors (Lipinski definition) is 6. The number of thioether (sulfide) groups is 1. The van der Waals surface area contributed by atoms with Crippen LogP contribution in [-0.2, 0) is 0 Å². The number of hydrogen-bond donors (Lipinski definition) is 3. The highest BCUT2D eigenvalue weighted by Gasteiger charge is 2.15. The zero-order chi connectivity index (χ0) is 13.1. The van der Waals surface area contributed by atoms with E-state index in [-0.39, 0.29) is 16.6 Å². The van der Waals surface area contributed by atoms with Crippen molar-refractivity contribution in [1.29, 1.82) is 0 Å². The number of H-pyrrole nitrogens is 1. The van der Waals surface area contributed by atoms with Gasteiger partial charge >= 0.3 is 0 Å². The molecule has 0 saturated heterocycles. The Labute approximate surface area is 117 Å². The Hall–Kier alpha value is -1.02. The van der Waals surface area contributed by atoms with Gasteiger partial charge in [0.2, 0.25) is 0 Å². The Morgan fingerprint density at radius 1 is 1.56 bits per heavy atom. The maximum Gasteiger partial charge on any atom is 0.253 e. The van der Waals surface area contributed by atoms with Crippen molar-refractivity contribution in [2.24, 2.45) is 5.73 Å². The van der Waals surface area contributed by atoms with E-state index in [0.29, 0.717) is 16.0 Å². The average Bonchev–Trinajstić information content (AvgIpc) is 2.71. The van der Waals surface area contributed by atoms with Crippen molar-refractivity contribution in [3.63, 3.8) is 0 Å². The van der Waals surface area contributed by atoms with Gasteiger partial charge in [0.15, 0.2) is 5.16 Å². The van der Waals surface area contributed by atoms with Crippen LogP contribution in [0.1, 0.15) is 10.1 Å². The third kappa shape index (κ3) is 3.26. The summed E-state index contributed by atoms with van der Waals surface area (Å²) < 4.78 is 0.707. The predicted molar refractivity (Wildman–Crippen MR) is 76.3 cm³/mol. The van der Waals surface area contributed by atoms with Crippen LogP contribution in [0.2, 0.25) is 4.34 Å². The highest BCUT2D eigenvalue weighted by molar-refractivity contribution is 7.99. The molecule has 2 heterocycles. The van der Waals surface area contributed by atoms with Gasteiger partial charge in [0.25, 0.3) is 5.56 Å². The Morgan fingerprint density at radius 3 is 2.89 bits per heavy atom. The third-order valence-corrected chi connectivity index (χ3v) is 4.76. The van der Waals surface area contributed by atoms with Gasteiger partial charge in [-0.2, -0.15) is 0 Å². The number of nitrogen functional groups attached to an aromatic ring is 1. The molecule has 1 unspecified atom stereocenters. The molecule has 18 heavy (non-hydrogen) atoms. The minimum Gasteiger partial charge on any atom is -0.383 e. The molecule has 0 aliphatic rings. The standard InChI is InChI=1S/C10H11ClN4OS2/c11-7-2-1-5(17-7)6(4-12)18-10-14-8(13)3-9(16)15-10/h1-3,6H,4,12H2,(H3,13,14,15,16). The van der Waals surface area contributed by atoms with E-state index in [1.54, 1.807) is 0 Å². The number of nitrogens with one attached hydrogen (secondary N) is 1. The number of aromatic amines is 1. The molecule has 0 radical (unpaired) electrons. The monoisotopic (exact) mass is 302 g/mol. The van der Waals surface area contributed by atoms with Crippen molar-refractivity contribution >= 4 is 40.5 Å². The van der Waals surface area contributed by atoms with Gasteiger partial charge in [0.05, 0.1) is 9.59 Å². The molecular weight excluding hydrogens is 292 g/mol. The van der Waals surface area contributed by atoms with E-state index in [0.717, 1.165) is 4.88 Å². The van der Waals surface area contributed by atoms with Gasteiger partial charge in [-0.3, -0.25) is 4.79 Å². The van der Waals surface area contributed by atoms with Gasteiger partial charge in [0.1, 0.15) is 5.82 Å². The summed E-state index contributed by atoms with van der Waals surface area (Å²) in [5, 5.41) is 0.451. The minimum absolute atomic E-state index is 0.00699. The zero-order valence-electron chi connectivity index (χ0n) is 9.22. The van der Waals surface area contributed by atoms with Gasteiger partial charge in [-0.15, -0.1) is 11.3 Å². The van der Waals surface area contributed by atoms with Crippen LogP contribution in [0.3, 0.4) is 0 Å². The molecule has 0 bridgehead atoms. The smallest absolute Gasteiger partial charge is 0.253 e. The van der Waals surface area contributed by atoms with E-state index in [1.807, 2.05) is 12.1 Å². The molecule has 8 heteroatoms. The summed E-state index contributed by atoms with van der Waals surface area (Å²) in [6, 6.07) is 4.98. The zero-order valence-corrected chi connectivity index (χ0v) is 11.6. The summed E-state index contributed by atoms with van der Waals surface area (Å²) in [6.07, 6.45) is 0. The number of nitrogens with zero attached hydrogens (tertiary/aromatic N) is 1. The summed E-state index contributed by atoms with van der Waals surface area (Å²) in [4.78, 5) is 19.0. The van der Waals surface area contributed by atoms with Crippen molar-refractivity contribution in [1.82, 2.24) is 9.97 Å². The highest BCUT2D eigenvalue weighted by atomic mass is 35.5. The van der Waals surface area contributed by atoms with Gasteiger partial charge < -0.3 is 16.5 Å². The lowest BCUT2D eigenvalue weighted by Crippen LogP contribution is -2.12. The van der Waals surface area contributed by atoms with E-state index in [4.69, 9.17) is 23.1 Å². The van der Waals surface area contributed by atoms with Gasteiger partial charge in [-0.25, -0.2) is 4.98 Å². The van der Waals surface area contributed by atoms with Crippen LogP contribution in [-0.4, -0.2) is 16.5 Å². The summed E-state index contributed by atoms with van der Waals surface area (Å²) in [6.45, 7) is 0.417. The summed E-state index contributed by atoms with van der Waals surface area (Å²) >= 11 is 8.72. The SMILES string of the molecule is NCC(Sc1nc(N)cc(=O)[nH]1)c1ccc(Cl)s1. The molecule has 2 aromatic rings. The number of rotatable bonds is 4. The molecule has 0 fully saturated rings. The van der Waals surface area contributed by atoms with Gasteiger partial charge in [-0.05, 0) is 12.1 Å². The van der Waals surface area contributed by atoms with Gasteiger partial charge in [0, 0.05) is 17.5 Å². The number of thiophene rings is 1. The molecule has 0 aliphatic carbocycles. The fourth-order valence-electron chi connectivity index (χ4n) is 1.37. The average molecular weight is 303 g/mol. The second-order valence-electron chi connectivity index (χ2n) is 3.46. The molecule has 0 amide bonds. The fourth-order valence-corrected chi connectivity index (χ4v) is 3.59. The van der Waals surface area contributed by atoms with E-state index < -0.39 is 0 Å². The van der Waals surface area contributed by atoms with Crippen molar-refractivity contribution in [2.45, 2.75) is 10.4 Å². The van der Waals surface area contributed by atoms with Crippen LogP contribution in [0.25, 0.3) is 0 Å². The highest BCUT2D eigenvalue weighted by Crippen LogP contribution is 2.37. The van der Waals surface area contributed by atoms with Crippen molar-refractivity contribution in [3.8, 4) is 0 Å². The fraction of sp³-hybridized carbons (Fsp3) is 0.200. The largest absolute Gasteiger partial charge is 0.383 e. The molecule has 0 spiro atoms. The van der Waals surface area contributed by atoms with Crippen LogP contribution in [0, 0.1) is 0 Å². The second-order valence-corrected chi connectivity index (χ2v) is 6.40. The minimum atomic E-state index is -0.273. The molecule has 5 N–H and O–H groups in total. The molecule has 0 aromatic carbocycles. The number of anilines is 1. The van der Waals surface area contributed by atoms with Crippen LogP contribution >= 0.6 is 34.7 Å². The Bertz CT molecular complexity index is 598. The summed E-state index contributed by atoms with van der Waals surface area (Å²) in [7, 11) is 0. The maximum atomic E-state index is 11.3. The number of halogens is 1. The van der Waals surface area contributed by atoms with E-state index in [2.05, 4.69) is 9.97 Å². The lowest BCUT2D eigenvalue weighted by molar-refractivity contribution is 0.910. The number of aromatic nitrogens is 2. The lowest BCUT2D eigenvalue weighted by atomic mass is 10.3. The summed E-state index contributed by atoms with van der Waals surface area (Å²) in [5.41, 5.74) is 11.0. The first-order valence-corrected chi connectivity index (χ1v) is 7.14. The first kappa shape index (κ1) is 13.4. The van der Waals surface area contributed by atoms with Crippen molar-refractivity contribution in [2.75, 3.05) is 12.3 Å². The van der Waals surface area contributed by atoms with E-state index in [1.165, 1.54) is 29.2 Å². The first-order valence-electron chi connectivity index (χ1n) is 5.07. The van der Waals surface area contributed by atoms with Crippen LogP contribution < -0.4 is 17.0 Å². The van der Waals surface area contributed by atoms with E-state index in [9.17, 15) is 4.79 Å².